The van der Waals surface area contributed by atoms with Crippen LogP contribution >= 0.6 is 38.6 Å². The quantitative estimate of drug-likeness (QED) is 0.205. The summed E-state index contributed by atoms with van der Waals surface area (Å²) in [6.07, 6.45) is 9.89. The van der Waals surface area contributed by atoms with Crippen LogP contribution in [0.1, 0.15) is 0 Å². The first-order valence-electron chi connectivity index (χ1n) is 10.3. The second-order valence-corrected chi connectivity index (χ2v) is 10.0. The molecule has 34 heavy (non-hydrogen) atoms. The molecule has 0 bridgehead atoms. The van der Waals surface area contributed by atoms with Gasteiger partial charge in [0.2, 0.25) is 4.62 Å². The Labute approximate surface area is 214 Å². The van der Waals surface area contributed by atoms with Crippen LogP contribution in [-0.4, -0.2) is 26.8 Å². The number of nitrogens with zero attached hydrogens (tertiary/aromatic N) is 2. The molecule has 0 saturated heterocycles. The average molecular weight is 546 g/mol. The van der Waals surface area contributed by atoms with E-state index in [9.17, 15) is 0 Å². The van der Waals surface area contributed by atoms with Gasteiger partial charge in [0.1, 0.15) is 18.4 Å². The van der Waals surface area contributed by atoms with Crippen molar-refractivity contribution < 1.29 is 10.0 Å². The van der Waals surface area contributed by atoms with Crippen LogP contribution in [0.5, 0.6) is 0 Å². The molecule has 0 radical (unpaired) electrons. The SMILES string of the molecule is BrC1=NC=C[C+]=C1.OB(O)c1cc2ccccc2s1.c1ccc(-c2cc3ccccc3s2)nc1. The first kappa shape index (κ1) is 24.2. The molecule has 1 aliphatic heterocycles. The highest BCUT2D eigenvalue weighted by molar-refractivity contribution is 9.18. The summed E-state index contributed by atoms with van der Waals surface area (Å²) in [7, 11) is -1.35. The molecule has 8 heteroatoms. The lowest BCUT2D eigenvalue weighted by Gasteiger charge is -1.92. The van der Waals surface area contributed by atoms with E-state index in [2.05, 4.69) is 62.3 Å². The minimum absolute atomic E-state index is 0.594. The van der Waals surface area contributed by atoms with E-state index in [4.69, 9.17) is 10.0 Å². The Morgan fingerprint density at radius 1 is 0.824 bits per heavy atom. The molecule has 0 aliphatic carbocycles. The molecular formula is C26H19BBrN2O2S2+. The molecular weight excluding hydrogens is 527 g/mol. The molecule has 0 amide bonds. The molecule has 0 fully saturated rings. The highest BCUT2D eigenvalue weighted by atomic mass is 79.9. The second kappa shape index (κ2) is 11.9. The number of benzene rings is 2. The van der Waals surface area contributed by atoms with Gasteiger partial charge in [-0.2, -0.15) is 0 Å². The number of halogens is 1. The smallest absolute Gasteiger partial charge is 0.423 e. The standard InChI is InChI=1S/C13H9NS.C8H7BO2S.C5H3BrN/c1-2-7-12-10(5-1)9-13(15-12)11-6-3-4-8-14-11;10-9(11)8-5-6-3-1-2-4-7(6)12-8;6-5-3-1-2-4-7-5/h1-9H;1-5,10-11H;2-4H/q;;+1. The molecule has 3 aromatic heterocycles. The predicted octanol–water partition coefficient (Wildman–Crippen LogP) is 6.21. The lowest BCUT2D eigenvalue weighted by atomic mass is 9.89. The van der Waals surface area contributed by atoms with E-state index in [-0.39, 0.29) is 0 Å². The topological polar surface area (TPSA) is 65.7 Å². The minimum atomic E-state index is -1.35. The van der Waals surface area contributed by atoms with Gasteiger partial charge in [-0.3, -0.25) is 4.98 Å². The molecule has 6 rings (SSSR count). The van der Waals surface area contributed by atoms with E-state index in [0.29, 0.717) is 4.78 Å². The molecule has 5 aromatic rings. The molecule has 0 spiro atoms. The third-order valence-corrected chi connectivity index (χ3v) is 7.34. The zero-order chi connectivity index (χ0) is 23.8. The fourth-order valence-electron chi connectivity index (χ4n) is 3.05. The number of aromatic nitrogens is 1. The number of thiophene rings is 2. The van der Waals surface area contributed by atoms with E-state index in [1.165, 1.54) is 26.3 Å². The van der Waals surface area contributed by atoms with Crippen molar-refractivity contribution in [2.24, 2.45) is 4.99 Å². The molecule has 166 valence electrons. The van der Waals surface area contributed by atoms with Gasteiger partial charge in [-0.05, 0) is 47.2 Å². The van der Waals surface area contributed by atoms with Crippen LogP contribution in [0.3, 0.4) is 0 Å². The van der Waals surface area contributed by atoms with Crippen molar-refractivity contribution in [1.29, 1.82) is 0 Å². The first-order chi connectivity index (χ1) is 16.6. The predicted molar refractivity (Wildman–Crippen MR) is 150 cm³/mol. The van der Waals surface area contributed by atoms with Gasteiger partial charge >= 0.3 is 7.12 Å². The van der Waals surface area contributed by atoms with Crippen molar-refractivity contribution in [1.82, 2.24) is 4.98 Å². The number of allylic oxidation sites excluding steroid dienone is 3. The summed E-state index contributed by atoms with van der Waals surface area (Å²) in [5.74, 6) is 0. The Balaban J connectivity index is 0.000000129. The zero-order valence-corrected chi connectivity index (χ0v) is 21.1. The summed E-state index contributed by atoms with van der Waals surface area (Å²) in [6.45, 7) is 0. The summed E-state index contributed by atoms with van der Waals surface area (Å²) >= 11 is 6.36. The van der Waals surface area contributed by atoms with Crippen LogP contribution in [0.25, 0.3) is 30.7 Å². The summed E-state index contributed by atoms with van der Waals surface area (Å²) in [4.78, 5) is 9.45. The maximum absolute atomic E-state index is 8.89. The summed E-state index contributed by atoms with van der Waals surface area (Å²) in [6, 6.07) is 26.2. The van der Waals surface area contributed by atoms with Crippen molar-refractivity contribution in [2.75, 3.05) is 0 Å². The molecule has 0 saturated carbocycles. The molecule has 1 aliphatic rings. The molecule has 4 nitrogen and oxygen atoms in total. The van der Waals surface area contributed by atoms with Gasteiger partial charge in [0.15, 0.2) is 0 Å². The Kier molecular flexibility index (Phi) is 8.49. The Morgan fingerprint density at radius 2 is 1.50 bits per heavy atom. The number of fused-ring (bicyclic) bond motifs is 2. The van der Waals surface area contributed by atoms with E-state index in [1.54, 1.807) is 35.8 Å². The minimum Gasteiger partial charge on any atom is -0.423 e. The van der Waals surface area contributed by atoms with Gasteiger partial charge in [0.25, 0.3) is 0 Å². The van der Waals surface area contributed by atoms with Crippen LogP contribution in [0.2, 0.25) is 0 Å². The number of aliphatic imine (C=N–C) groups is 1. The molecule has 0 atom stereocenters. The fourth-order valence-corrected chi connectivity index (χ4v) is 5.28. The van der Waals surface area contributed by atoms with Crippen molar-refractivity contribution in [2.45, 2.75) is 0 Å². The average Bonchev–Trinajstić information content (AvgIpc) is 3.51. The number of pyridine rings is 1. The molecule has 2 N–H and O–H groups in total. The Morgan fingerprint density at radius 3 is 2.03 bits per heavy atom. The lowest BCUT2D eigenvalue weighted by molar-refractivity contribution is 0.427. The first-order valence-corrected chi connectivity index (χ1v) is 12.7. The monoisotopic (exact) mass is 545 g/mol. The van der Waals surface area contributed by atoms with Gasteiger partial charge in [0, 0.05) is 26.4 Å². The molecule has 4 heterocycles. The summed E-state index contributed by atoms with van der Waals surface area (Å²) in [5.41, 5.74) is 1.05. The summed E-state index contributed by atoms with van der Waals surface area (Å²) < 4.78 is 3.82. The van der Waals surface area contributed by atoms with Crippen molar-refractivity contribution in [3.63, 3.8) is 0 Å². The number of hydrogen-bond acceptors (Lipinski definition) is 6. The number of hydrogen-bond donors (Lipinski definition) is 2. The lowest BCUT2D eigenvalue weighted by Crippen LogP contribution is -2.26. The van der Waals surface area contributed by atoms with E-state index in [1.807, 2.05) is 48.7 Å². The van der Waals surface area contributed by atoms with Gasteiger partial charge in [-0.1, -0.05) is 42.5 Å². The maximum Gasteiger partial charge on any atom is 0.499 e. The van der Waals surface area contributed by atoms with Crippen molar-refractivity contribution >= 4 is 75.3 Å². The zero-order valence-electron chi connectivity index (χ0n) is 17.9. The molecule has 0 unspecified atom stereocenters. The highest BCUT2D eigenvalue weighted by Gasteiger charge is 2.13. The van der Waals surface area contributed by atoms with Gasteiger partial charge < -0.3 is 10.0 Å². The van der Waals surface area contributed by atoms with Crippen LogP contribution in [0.4, 0.5) is 0 Å². The maximum atomic E-state index is 8.89. The van der Waals surface area contributed by atoms with Crippen molar-refractivity contribution in [3.05, 3.63) is 109 Å². The fraction of sp³-hybridized carbons (Fsp3) is 0. The third-order valence-electron chi connectivity index (χ3n) is 4.61. The van der Waals surface area contributed by atoms with E-state index < -0.39 is 7.12 Å². The Hall–Kier alpha value is -2.97. The normalized spacial score (nSPS) is 11.7. The van der Waals surface area contributed by atoms with E-state index in [0.717, 1.165) is 20.4 Å². The van der Waals surface area contributed by atoms with Crippen LogP contribution in [0.15, 0.2) is 108 Å². The Bertz CT molecular complexity index is 1390. The largest absolute Gasteiger partial charge is 0.499 e. The number of rotatable bonds is 2. The van der Waals surface area contributed by atoms with E-state index >= 15 is 0 Å². The van der Waals surface area contributed by atoms with Crippen LogP contribution in [0, 0.1) is 6.08 Å². The van der Waals surface area contributed by atoms with Crippen molar-refractivity contribution in [3.8, 4) is 10.6 Å². The van der Waals surface area contributed by atoms with Crippen LogP contribution < -0.4 is 4.78 Å². The van der Waals surface area contributed by atoms with Gasteiger partial charge in [-0.15, -0.1) is 27.7 Å². The highest BCUT2D eigenvalue weighted by Crippen LogP contribution is 2.31. The summed E-state index contributed by atoms with van der Waals surface area (Å²) in [5, 5.41) is 20.1. The van der Waals surface area contributed by atoms with Gasteiger partial charge in [-0.25, -0.2) is 0 Å². The molecule has 2 aromatic carbocycles. The third kappa shape index (κ3) is 6.55. The van der Waals surface area contributed by atoms with Crippen LogP contribution in [-0.2, 0) is 0 Å². The second-order valence-electron chi connectivity index (χ2n) is 7.00. The van der Waals surface area contributed by atoms with Gasteiger partial charge in [0.05, 0.1) is 26.5 Å².